The van der Waals surface area contributed by atoms with Crippen molar-refractivity contribution < 1.29 is 4.74 Å². The first-order valence-corrected chi connectivity index (χ1v) is 4.56. The van der Waals surface area contributed by atoms with Crippen LogP contribution in [0.4, 0.5) is 5.69 Å². The molecule has 3 nitrogen and oxygen atoms in total. The Hall–Kier alpha value is -1.64. The van der Waals surface area contributed by atoms with Gasteiger partial charge < -0.3 is 15.5 Å². The number of hydrogen-bond donors (Lipinski definition) is 2. The summed E-state index contributed by atoms with van der Waals surface area (Å²) in [6.45, 7) is 4.10. The maximum Gasteiger partial charge on any atom is 0.143 e. The molecule has 0 saturated heterocycles. The SMILES string of the molecule is COc1ccc(N)c2c(C)c(C)[nH]c12. The van der Waals surface area contributed by atoms with Crippen molar-refractivity contribution in [1.82, 2.24) is 4.98 Å². The zero-order valence-corrected chi connectivity index (χ0v) is 8.64. The van der Waals surface area contributed by atoms with Crippen molar-refractivity contribution in [3.8, 4) is 5.75 Å². The van der Waals surface area contributed by atoms with E-state index < -0.39 is 0 Å². The van der Waals surface area contributed by atoms with E-state index in [1.807, 2.05) is 19.1 Å². The molecule has 0 unspecified atom stereocenters. The molecule has 1 heterocycles. The van der Waals surface area contributed by atoms with Crippen LogP contribution < -0.4 is 10.5 Å². The molecule has 0 atom stereocenters. The lowest BCUT2D eigenvalue weighted by Crippen LogP contribution is -1.89. The number of nitrogen functional groups attached to an aromatic ring is 1. The van der Waals surface area contributed by atoms with Gasteiger partial charge in [-0.3, -0.25) is 0 Å². The van der Waals surface area contributed by atoms with Crippen molar-refractivity contribution in [1.29, 1.82) is 0 Å². The van der Waals surface area contributed by atoms with Gasteiger partial charge >= 0.3 is 0 Å². The third-order valence-corrected chi connectivity index (χ3v) is 2.67. The van der Waals surface area contributed by atoms with Crippen molar-refractivity contribution in [2.45, 2.75) is 13.8 Å². The molecule has 0 saturated carbocycles. The molecule has 1 aromatic heterocycles. The number of benzene rings is 1. The number of ether oxygens (including phenoxy) is 1. The summed E-state index contributed by atoms with van der Waals surface area (Å²) in [5, 5.41) is 1.07. The van der Waals surface area contributed by atoms with Gasteiger partial charge in [-0.25, -0.2) is 0 Å². The number of methoxy groups -OCH3 is 1. The van der Waals surface area contributed by atoms with Crippen molar-refractivity contribution in [2.24, 2.45) is 0 Å². The van der Waals surface area contributed by atoms with Gasteiger partial charge in [0.25, 0.3) is 0 Å². The first-order valence-electron chi connectivity index (χ1n) is 4.56. The summed E-state index contributed by atoms with van der Waals surface area (Å²) in [5.74, 6) is 0.838. The molecule has 0 aliphatic carbocycles. The summed E-state index contributed by atoms with van der Waals surface area (Å²) in [4.78, 5) is 3.28. The molecular weight excluding hydrogens is 176 g/mol. The number of anilines is 1. The smallest absolute Gasteiger partial charge is 0.143 e. The molecule has 74 valence electrons. The molecule has 0 spiro atoms. The minimum absolute atomic E-state index is 0.794. The fraction of sp³-hybridized carbons (Fsp3) is 0.273. The van der Waals surface area contributed by atoms with Gasteiger partial charge in [-0.05, 0) is 31.5 Å². The Morgan fingerprint density at radius 2 is 2.00 bits per heavy atom. The Morgan fingerprint density at radius 1 is 1.29 bits per heavy atom. The minimum Gasteiger partial charge on any atom is -0.495 e. The summed E-state index contributed by atoms with van der Waals surface area (Å²) in [7, 11) is 1.66. The van der Waals surface area contributed by atoms with E-state index in [1.54, 1.807) is 7.11 Å². The van der Waals surface area contributed by atoms with Gasteiger partial charge in [0, 0.05) is 16.8 Å². The van der Waals surface area contributed by atoms with Crippen LogP contribution in [0.2, 0.25) is 0 Å². The predicted octanol–water partition coefficient (Wildman–Crippen LogP) is 2.38. The summed E-state index contributed by atoms with van der Waals surface area (Å²) in [6, 6.07) is 3.76. The highest BCUT2D eigenvalue weighted by molar-refractivity contribution is 5.98. The van der Waals surface area contributed by atoms with Crippen LogP contribution >= 0.6 is 0 Å². The van der Waals surface area contributed by atoms with Gasteiger partial charge in [0.2, 0.25) is 0 Å². The first kappa shape index (κ1) is 8.94. The number of aromatic nitrogens is 1. The zero-order chi connectivity index (χ0) is 10.3. The lowest BCUT2D eigenvalue weighted by molar-refractivity contribution is 0.419. The normalized spacial score (nSPS) is 10.8. The quantitative estimate of drug-likeness (QED) is 0.678. The Balaban J connectivity index is 2.91. The second-order valence-corrected chi connectivity index (χ2v) is 3.48. The van der Waals surface area contributed by atoms with Crippen molar-refractivity contribution in [3.63, 3.8) is 0 Å². The number of nitrogens with two attached hydrogens (primary N) is 1. The molecule has 3 heteroatoms. The third kappa shape index (κ3) is 1.05. The van der Waals surface area contributed by atoms with Gasteiger partial charge in [0.15, 0.2) is 0 Å². The predicted molar refractivity (Wildman–Crippen MR) is 58.7 cm³/mol. The van der Waals surface area contributed by atoms with Crippen LogP contribution in [0.1, 0.15) is 11.3 Å². The van der Waals surface area contributed by atoms with Crippen LogP contribution in [0, 0.1) is 13.8 Å². The maximum absolute atomic E-state index is 5.92. The van der Waals surface area contributed by atoms with Crippen LogP contribution in [0.15, 0.2) is 12.1 Å². The molecule has 2 aromatic rings. The number of H-pyrrole nitrogens is 1. The summed E-state index contributed by atoms with van der Waals surface area (Å²) < 4.78 is 5.26. The van der Waals surface area contributed by atoms with E-state index in [9.17, 15) is 0 Å². The molecule has 0 fully saturated rings. The molecule has 0 aliphatic rings. The van der Waals surface area contributed by atoms with E-state index in [2.05, 4.69) is 11.9 Å². The van der Waals surface area contributed by atoms with E-state index >= 15 is 0 Å². The van der Waals surface area contributed by atoms with Crippen LogP contribution in [0.25, 0.3) is 10.9 Å². The fourth-order valence-corrected chi connectivity index (χ4v) is 1.77. The van der Waals surface area contributed by atoms with Crippen LogP contribution in [0.3, 0.4) is 0 Å². The maximum atomic E-state index is 5.92. The average molecular weight is 190 g/mol. The Morgan fingerprint density at radius 3 is 2.64 bits per heavy atom. The molecule has 0 bridgehead atoms. The number of rotatable bonds is 1. The minimum atomic E-state index is 0.794. The third-order valence-electron chi connectivity index (χ3n) is 2.67. The highest BCUT2D eigenvalue weighted by Gasteiger charge is 2.10. The van der Waals surface area contributed by atoms with Crippen molar-refractivity contribution in [2.75, 3.05) is 12.8 Å². The van der Waals surface area contributed by atoms with Gasteiger partial charge in [0.05, 0.1) is 12.6 Å². The second kappa shape index (κ2) is 2.94. The molecule has 2 rings (SSSR count). The Bertz CT molecular complexity index is 485. The molecule has 0 aliphatic heterocycles. The van der Waals surface area contributed by atoms with E-state index in [-0.39, 0.29) is 0 Å². The van der Waals surface area contributed by atoms with E-state index in [0.29, 0.717) is 0 Å². The largest absolute Gasteiger partial charge is 0.495 e. The fourth-order valence-electron chi connectivity index (χ4n) is 1.77. The second-order valence-electron chi connectivity index (χ2n) is 3.48. The summed E-state index contributed by atoms with van der Waals surface area (Å²) >= 11 is 0. The van der Waals surface area contributed by atoms with Gasteiger partial charge in [-0.2, -0.15) is 0 Å². The van der Waals surface area contributed by atoms with E-state index in [1.165, 1.54) is 5.56 Å². The molecule has 0 amide bonds. The Kier molecular flexibility index (Phi) is 1.88. The zero-order valence-electron chi connectivity index (χ0n) is 8.64. The van der Waals surface area contributed by atoms with Gasteiger partial charge in [0.1, 0.15) is 5.75 Å². The number of aryl methyl sites for hydroxylation is 2. The van der Waals surface area contributed by atoms with Crippen molar-refractivity contribution >= 4 is 16.6 Å². The Labute approximate surface area is 82.9 Å². The number of hydrogen-bond acceptors (Lipinski definition) is 2. The van der Waals surface area contributed by atoms with Crippen LogP contribution in [0.5, 0.6) is 5.75 Å². The molecular formula is C11H14N2O. The van der Waals surface area contributed by atoms with Gasteiger partial charge in [-0.1, -0.05) is 0 Å². The molecule has 1 aromatic carbocycles. The molecule has 3 N–H and O–H groups in total. The standard InChI is InChI=1S/C11H14N2O/c1-6-7(2)13-11-9(14-3)5-4-8(12)10(6)11/h4-5,13H,12H2,1-3H3. The lowest BCUT2D eigenvalue weighted by atomic mass is 10.1. The van der Waals surface area contributed by atoms with Crippen LogP contribution in [-0.4, -0.2) is 12.1 Å². The topological polar surface area (TPSA) is 51.0 Å². The number of fused-ring (bicyclic) bond motifs is 1. The summed E-state index contributed by atoms with van der Waals surface area (Å²) in [5.41, 5.74) is 10.0. The molecule has 14 heavy (non-hydrogen) atoms. The van der Waals surface area contributed by atoms with E-state index in [4.69, 9.17) is 10.5 Å². The van der Waals surface area contributed by atoms with Crippen molar-refractivity contribution in [3.05, 3.63) is 23.4 Å². The van der Waals surface area contributed by atoms with Gasteiger partial charge in [-0.15, -0.1) is 0 Å². The van der Waals surface area contributed by atoms with Crippen LogP contribution in [-0.2, 0) is 0 Å². The first-order chi connectivity index (χ1) is 6.65. The molecule has 0 radical (unpaired) electrons. The van der Waals surface area contributed by atoms with E-state index in [0.717, 1.165) is 28.0 Å². The monoisotopic (exact) mass is 190 g/mol. The highest BCUT2D eigenvalue weighted by atomic mass is 16.5. The lowest BCUT2D eigenvalue weighted by Gasteiger charge is -2.03. The average Bonchev–Trinajstić information content (AvgIpc) is 2.45. The summed E-state index contributed by atoms with van der Waals surface area (Å²) in [6.07, 6.45) is 0. The number of aromatic amines is 1. The highest BCUT2D eigenvalue weighted by Crippen LogP contribution is 2.33. The number of nitrogens with one attached hydrogen (secondary N) is 1.